The van der Waals surface area contributed by atoms with Crippen LogP contribution in [0.3, 0.4) is 0 Å². The minimum absolute atomic E-state index is 0.00896. The maximum atomic E-state index is 12.2. The maximum Gasteiger partial charge on any atom is 0.281 e. The number of hydrogen-bond acceptors (Lipinski definition) is 5. The van der Waals surface area contributed by atoms with Crippen LogP contribution in [-0.2, 0) is 12.8 Å². The van der Waals surface area contributed by atoms with Crippen LogP contribution in [0.25, 0.3) is 0 Å². The molecule has 1 aliphatic rings. The number of carbonyl (C=O) groups is 1. The Morgan fingerprint density at radius 2 is 2.29 bits per heavy atom. The van der Waals surface area contributed by atoms with Crippen LogP contribution in [0.5, 0.6) is 0 Å². The number of hydrazone groups is 1. The van der Waals surface area contributed by atoms with Gasteiger partial charge >= 0.3 is 0 Å². The van der Waals surface area contributed by atoms with Crippen LogP contribution < -0.4 is 5.43 Å². The van der Waals surface area contributed by atoms with Gasteiger partial charge in [0.15, 0.2) is 0 Å². The molecule has 7 heteroatoms. The summed E-state index contributed by atoms with van der Waals surface area (Å²) in [6.45, 7) is 2.23. The van der Waals surface area contributed by atoms with Gasteiger partial charge < -0.3 is 0 Å². The molecule has 2 aromatic rings. The summed E-state index contributed by atoms with van der Waals surface area (Å²) in [4.78, 5) is 24.4. The number of non-ortho nitro benzene ring substituents is 1. The van der Waals surface area contributed by atoms with Gasteiger partial charge in [0.1, 0.15) is 0 Å². The number of fused-ring (bicyclic) bond motifs is 1. The smallest absolute Gasteiger partial charge is 0.266 e. The minimum Gasteiger partial charge on any atom is -0.266 e. The van der Waals surface area contributed by atoms with E-state index in [9.17, 15) is 14.9 Å². The second-order valence-corrected chi connectivity index (χ2v) is 7.10. The Morgan fingerprint density at radius 1 is 1.46 bits per heavy atom. The van der Waals surface area contributed by atoms with E-state index in [4.69, 9.17) is 0 Å². The number of benzene rings is 1. The highest BCUT2D eigenvalue weighted by molar-refractivity contribution is 7.14. The van der Waals surface area contributed by atoms with Gasteiger partial charge in [0.25, 0.3) is 11.6 Å². The van der Waals surface area contributed by atoms with Crippen LogP contribution in [-0.4, -0.2) is 17.0 Å². The van der Waals surface area contributed by atoms with E-state index in [-0.39, 0.29) is 11.6 Å². The Labute approximate surface area is 143 Å². The molecule has 0 bridgehead atoms. The van der Waals surface area contributed by atoms with Gasteiger partial charge in [0.2, 0.25) is 0 Å². The molecule has 124 valence electrons. The highest BCUT2D eigenvalue weighted by Gasteiger charge is 2.20. The molecule has 1 amide bonds. The molecule has 0 radical (unpaired) electrons. The summed E-state index contributed by atoms with van der Waals surface area (Å²) in [7, 11) is 0. The van der Waals surface area contributed by atoms with E-state index < -0.39 is 4.92 Å². The van der Waals surface area contributed by atoms with Crippen LogP contribution >= 0.6 is 11.3 Å². The van der Waals surface area contributed by atoms with Crippen molar-refractivity contribution in [3.05, 3.63) is 61.3 Å². The fourth-order valence-electron chi connectivity index (χ4n) is 2.76. The summed E-state index contributed by atoms with van der Waals surface area (Å²) in [5.41, 5.74) is 4.31. The van der Waals surface area contributed by atoms with Crippen molar-refractivity contribution in [3.63, 3.8) is 0 Å². The summed E-state index contributed by atoms with van der Waals surface area (Å²) in [6, 6.07) is 8.03. The van der Waals surface area contributed by atoms with Gasteiger partial charge in [-0.3, -0.25) is 14.9 Å². The van der Waals surface area contributed by atoms with Crippen molar-refractivity contribution < 1.29 is 9.72 Å². The first-order chi connectivity index (χ1) is 11.5. The normalized spacial score (nSPS) is 16.8. The van der Waals surface area contributed by atoms with Crippen molar-refractivity contribution in [1.82, 2.24) is 5.43 Å². The minimum atomic E-state index is -0.465. The number of nitrogens with one attached hydrogen (secondary N) is 1. The molecule has 6 nitrogen and oxygen atoms in total. The first-order valence-electron chi connectivity index (χ1n) is 7.72. The van der Waals surface area contributed by atoms with E-state index in [2.05, 4.69) is 17.5 Å². The van der Waals surface area contributed by atoms with E-state index in [1.807, 2.05) is 6.07 Å². The third-order valence-corrected chi connectivity index (χ3v) is 5.25. The van der Waals surface area contributed by atoms with Crippen molar-refractivity contribution >= 4 is 29.1 Å². The number of amides is 1. The molecule has 0 saturated carbocycles. The van der Waals surface area contributed by atoms with E-state index in [1.165, 1.54) is 46.5 Å². The Kier molecular flexibility index (Phi) is 4.71. The molecule has 0 spiro atoms. The average Bonchev–Trinajstić information content (AvgIpc) is 2.98. The van der Waals surface area contributed by atoms with Crippen LogP contribution in [0.1, 0.15) is 39.0 Å². The molecule has 0 saturated heterocycles. The predicted molar refractivity (Wildman–Crippen MR) is 93.7 cm³/mol. The molecule has 0 aliphatic heterocycles. The largest absolute Gasteiger partial charge is 0.281 e. The van der Waals surface area contributed by atoms with E-state index >= 15 is 0 Å². The summed E-state index contributed by atoms with van der Waals surface area (Å²) >= 11 is 1.52. The molecule has 1 atom stereocenters. The summed E-state index contributed by atoms with van der Waals surface area (Å²) in [5.74, 6) is 0.415. The first-order valence-corrected chi connectivity index (χ1v) is 8.54. The Hall–Kier alpha value is -2.54. The van der Waals surface area contributed by atoms with Crippen molar-refractivity contribution in [2.24, 2.45) is 11.0 Å². The average molecular weight is 343 g/mol. The Balaban J connectivity index is 1.65. The Morgan fingerprint density at radius 3 is 3.08 bits per heavy atom. The SMILES string of the molecule is C[C@H]1CCc2sc(C(=O)N/N=C\c3cccc([N+](=O)[O-])c3)cc2C1. The third-order valence-electron chi connectivity index (χ3n) is 4.01. The number of nitro groups is 1. The number of nitrogens with zero attached hydrogens (tertiary/aromatic N) is 2. The van der Waals surface area contributed by atoms with Crippen LogP contribution in [0.2, 0.25) is 0 Å². The van der Waals surface area contributed by atoms with Crippen molar-refractivity contribution in [2.45, 2.75) is 26.2 Å². The van der Waals surface area contributed by atoms with Crippen molar-refractivity contribution in [1.29, 1.82) is 0 Å². The number of carbonyl (C=O) groups excluding carboxylic acids is 1. The highest BCUT2D eigenvalue weighted by Crippen LogP contribution is 2.32. The zero-order valence-electron chi connectivity index (χ0n) is 13.2. The van der Waals surface area contributed by atoms with E-state index in [0.717, 1.165) is 12.8 Å². The fourth-order valence-corrected chi connectivity index (χ4v) is 3.86. The third kappa shape index (κ3) is 3.68. The number of hydrogen-bond donors (Lipinski definition) is 1. The molecule has 0 unspecified atom stereocenters. The lowest BCUT2D eigenvalue weighted by atomic mass is 9.90. The lowest BCUT2D eigenvalue weighted by Gasteiger charge is -2.16. The maximum absolute atomic E-state index is 12.2. The fraction of sp³-hybridized carbons (Fsp3) is 0.294. The highest BCUT2D eigenvalue weighted by atomic mass is 32.1. The van der Waals surface area contributed by atoms with Crippen LogP contribution in [0.15, 0.2) is 35.4 Å². The molecule has 1 heterocycles. The lowest BCUT2D eigenvalue weighted by molar-refractivity contribution is -0.384. The van der Waals surface area contributed by atoms with Crippen molar-refractivity contribution in [2.75, 3.05) is 0 Å². The lowest BCUT2D eigenvalue weighted by Crippen LogP contribution is -2.16. The molecule has 1 N–H and O–H groups in total. The second kappa shape index (κ2) is 6.92. The van der Waals surface area contributed by atoms with Gasteiger partial charge in [-0.15, -0.1) is 11.3 Å². The topological polar surface area (TPSA) is 84.6 Å². The molecule has 1 aromatic heterocycles. The second-order valence-electron chi connectivity index (χ2n) is 5.96. The number of rotatable bonds is 4. The number of nitro benzene ring substituents is 1. The molecule has 1 aliphatic carbocycles. The monoisotopic (exact) mass is 343 g/mol. The first kappa shape index (κ1) is 16.3. The number of aryl methyl sites for hydroxylation is 1. The zero-order valence-corrected chi connectivity index (χ0v) is 14.0. The van der Waals surface area contributed by atoms with Crippen molar-refractivity contribution in [3.8, 4) is 0 Å². The van der Waals surface area contributed by atoms with Crippen LogP contribution in [0, 0.1) is 16.0 Å². The molecule has 1 aromatic carbocycles. The quantitative estimate of drug-likeness (QED) is 0.523. The van der Waals surface area contributed by atoms with Gasteiger partial charge in [-0.1, -0.05) is 19.1 Å². The van der Waals surface area contributed by atoms with E-state index in [0.29, 0.717) is 16.4 Å². The molecular formula is C17H17N3O3S. The molecule has 3 rings (SSSR count). The molecule has 24 heavy (non-hydrogen) atoms. The standard InChI is InChI=1S/C17H17N3O3S/c1-11-5-6-15-13(7-11)9-16(24-15)17(21)19-18-10-12-3-2-4-14(8-12)20(22)23/h2-4,8-11H,5-7H2,1H3,(H,19,21)/b18-10-/t11-/m0/s1. The molecule has 0 fully saturated rings. The van der Waals surface area contributed by atoms with E-state index in [1.54, 1.807) is 12.1 Å². The van der Waals surface area contributed by atoms with Gasteiger partial charge in [-0.05, 0) is 36.8 Å². The van der Waals surface area contributed by atoms with Gasteiger partial charge in [0, 0.05) is 22.6 Å². The van der Waals surface area contributed by atoms with Crippen LogP contribution in [0.4, 0.5) is 5.69 Å². The summed E-state index contributed by atoms with van der Waals surface area (Å²) in [6.07, 6.45) is 4.63. The summed E-state index contributed by atoms with van der Waals surface area (Å²) < 4.78 is 0. The van der Waals surface area contributed by atoms with Gasteiger partial charge in [-0.25, -0.2) is 5.43 Å². The molecular weight excluding hydrogens is 326 g/mol. The number of thiophene rings is 1. The van der Waals surface area contributed by atoms with Gasteiger partial charge in [-0.2, -0.15) is 5.10 Å². The predicted octanol–water partition coefficient (Wildman–Crippen LogP) is 3.55. The Bertz CT molecular complexity index is 813. The summed E-state index contributed by atoms with van der Waals surface area (Å²) in [5, 5.41) is 14.6. The zero-order chi connectivity index (χ0) is 17.1. The van der Waals surface area contributed by atoms with Gasteiger partial charge in [0.05, 0.1) is 16.0 Å².